The maximum atomic E-state index is 14.2. The number of rotatable bonds is 11. The standard InChI is InChI=1S/C25H25ClFN6O4PS/c1-4-36-38(34,37-5-2)25(16-6-10-18(27)11-7-16)33-22-21(24(31-33)39-3)23-29-20(30-32(23)15-28-22)14-35-19-12-8-17(26)9-13-19/h6-13,15,25H,4-5,14H2,1-3H3. The van der Waals surface area contributed by atoms with Gasteiger partial charge in [0.25, 0.3) is 0 Å². The van der Waals surface area contributed by atoms with Crippen LogP contribution in [-0.4, -0.2) is 48.8 Å². The van der Waals surface area contributed by atoms with Crippen molar-refractivity contribution < 1.29 is 22.7 Å². The fourth-order valence-corrected chi connectivity index (χ4v) is 6.86. The molecule has 0 bridgehead atoms. The number of benzene rings is 2. The van der Waals surface area contributed by atoms with Crippen LogP contribution in [0.5, 0.6) is 5.75 Å². The van der Waals surface area contributed by atoms with Crippen molar-refractivity contribution >= 4 is 47.6 Å². The maximum absolute atomic E-state index is 14.2. The summed E-state index contributed by atoms with van der Waals surface area (Å²) in [6, 6.07) is 12.7. The maximum Gasteiger partial charge on any atom is 0.359 e. The first-order valence-electron chi connectivity index (χ1n) is 12.1. The molecule has 0 radical (unpaired) electrons. The minimum atomic E-state index is -3.84. The van der Waals surface area contributed by atoms with Gasteiger partial charge in [0.1, 0.15) is 29.5 Å². The average Bonchev–Trinajstić information content (AvgIpc) is 3.51. The third-order valence-electron chi connectivity index (χ3n) is 5.73. The molecule has 10 nitrogen and oxygen atoms in total. The van der Waals surface area contributed by atoms with Gasteiger partial charge in [0.05, 0.1) is 18.6 Å². The van der Waals surface area contributed by atoms with E-state index >= 15 is 0 Å². The number of hydrogen-bond acceptors (Lipinski definition) is 9. The summed E-state index contributed by atoms with van der Waals surface area (Å²) in [6.07, 6.45) is 3.38. The Morgan fingerprint density at radius 2 is 1.72 bits per heavy atom. The predicted octanol–water partition coefficient (Wildman–Crippen LogP) is 6.38. The Balaban J connectivity index is 1.63. The zero-order valence-electron chi connectivity index (χ0n) is 21.3. The van der Waals surface area contributed by atoms with Crippen molar-refractivity contribution in [1.82, 2.24) is 29.4 Å². The highest BCUT2D eigenvalue weighted by Gasteiger charge is 2.41. The summed E-state index contributed by atoms with van der Waals surface area (Å²) in [5.41, 5.74) is 1.41. The van der Waals surface area contributed by atoms with Gasteiger partial charge < -0.3 is 13.8 Å². The van der Waals surface area contributed by atoms with Crippen LogP contribution >= 0.6 is 31.0 Å². The molecule has 1 unspecified atom stereocenters. The summed E-state index contributed by atoms with van der Waals surface area (Å²) in [4.78, 5) is 9.29. The molecule has 1 atom stereocenters. The Morgan fingerprint density at radius 1 is 1.03 bits per heavy atom. The Morgan fingerprint density at radius 3 is 2.36 bits per heavy atom. The Kier molecular flexibility index (Phi) is 8.20. The van der Waals surface area contributed by atoms with Crippen molar-refractivity contribution in [2.45, 2.75) is 31.3 Å². The zero-order chi connectivity index (χ0) is 27.6. The van der Waals surface area contributed by atoms with Gasteiger partial charge in [0.15, 0.2) is 22.9 Å². The SMILES string of the molecule is CCOP(=O)(OCC)C(c1ccc(F)cc1)n1nc(SC)c2c1ncn1nc(COc3ccc(Cl)cc3)nc21. The molecule has 204 valence electrons. The molecule has 0 aliphatic heterocycles. The molecule has 0 aliphatic rings. The van der Waals surface area contributed by atoms with Gasteiger partial charge in [-0.05, 0) is 62.1 Å². The van der Waals surface area contributed by atoms with Gasteiger partial charge in [0.2, 0.25) is 0 Å². The number of halogens is 2. The van der Waals surface area contributed by atoms with Crippen molar-refractivity contribution in [2.24, 2.45) is 0 Å². The second kappa shape index (κ2) is 11.6. The summed E-state index contributed by atoms with van der Waals surface area (Å²) >= 11 is 7.33. The molecule has 0 saturated carbocycles. The van der Waals surface area contributed by atoms with E-state index in [2.05, 4.69) is 15.1 Å². The van der Waals surface area contributed by atoms with E-state index in [9.17, 15) is 8.96 Å². The van der Waals surface area contributed by atoms with Gasteiger partial charge in [-0.2, -0.15) is 5.10 Å². The first kappa shape index (κ1) is 27.5. The highest BCUT2D eigenvalue weighted by atomic mass is 35.5. The molecule has 39 heavy (non-hydrogen) atoms. The largest absolute Gasteiger partial charge is 0.486 e. The van der Waals surface area contributed by atoms with Crippen molar-refractivity contribution in [2.75, 3.05) is 19.5 Å². The molecular weight excluding hydrogens is 566 g/mol. The quantitative estimate of drug-likeness (QED) is 0.128. The van der Waals surface area contributed by atoms with Crippen LogP contribution in [0.3, 0.4) is 0 Å². The lowest BCUT2D eigenvalue weighted by Gasteiger charge is -2.27. The van der Waals surface area contributed by atoms with Crippen LogP contribution in [0.1, 0.15) is 31.0 Å². The van der Waals surface area contributed by atoms with Crippen LogP contribution in [0.15, 0.2) is 59.9 Å². The third-order valence-corrected chi connectivity index (χ3v) is 9.01. The van der Waals surface area contributed by atoms with E-state index in [0.717, 1.165) is 0 Å². The summed E-state index contributed by atoms with van der Waals surface area (Å²) in [7, 11) is -3.84. The number of hydrogen-bond donors (Lipinski definition) is 0. The summed E-state index contributed by atoms with van der Waals surface area (Å²) in [5, 5.41) is 11.1. The van der Waals surface area contributed by atoms with Crippen molar-refractivity contribution in [1.29, 1.82) is 0 Å². The van der Waals surface area contributed by atoms with E-state index in [-0.39, 0.29) is 19.8 Å². The average molecular weight is 591 g/mol. The fraction of sp³-hybridized carbons (Fsp3) is 0.280. The van der Waals surface area contributed by atoms with E-state index in [4.69, 9.17) is 30.5 Å². The van der Waals surface area contributed by atoms with Crippen LogP contribution in [0.2, 0.25) is 5.02 Å². The minimum Gasteiger partial charge on any atom is -0.486 e. The second-order valence-corrected chi connectivity index (χ2v) is 11.6. The number of fused-ring (bicyclic) bond motifs is 3. The number of aromatic nitrogens is 6. The van der Waals surface area contributed by atoms with Crippen molar-refractivity contribution in [3.63, 3.8) is 0 Å². The minimum absolute atomic E-state index is 0.121. The highest BCUT2D eigenvalue weighted by molar-refractivity contribution is 7.98. The topological polar surface area (TPSA) is 106 Å². The molecule has 0 N–H and O–H groups in total. The Hall–Kier alpha value is -3.02. The van der Waals surface area contributed by atoms with E-state index in [1.54, 1.807) is 54.8 Å². The Bertz CT molecular complexity index is 1640. The molecule has 0 saturated heterocycles. The van der Waals surface area contributed by atoms with Gasteiger partial charge in [-0.25, -0.2) is 23.6 Å². The van der Waals surface area contributed by atoms with Crippen LogP contribution in [-0.2, 0) is 20.2 Å². The van der Waals surface area contributed by atoms with Gasteiger partial charge in [0, 0.05) is 5.02 Å². The lowest BCUT2D eigenvalue weighted by molar-refractivity contribution is 0.207. The molecule has 3 heterocycles. The van der Waals surface area contributed by atoms with Crippen LogP contribution < -0.4 is 4.74 Å². The lowest BCUT2D eigenvalue weighted by atomic mass is 10.2. The van der Waals surface area contributed by atoms with Crippen molar-refractivity contribution in [3.8, 4) is 5.75 Å². The highest BCUT2D eigenvalue weighted by Crippen LogP contribution is 2.62. The molecule has 3 aromatic heterocycles. The monoisotopic (exact) mass is 590 g/mol. The number of nitrogens with zero attached hydrogens (tertiary/aromatic N) is 6. The first-order chi connectivity index (χ1) is 18.9. The predicted molar refractivity (Wildman–Crippen MR) is 147 cm³/mol. The number of thioether (sulfide) groups is 1. The smallest absolute Gasteiger partial charge is 0.359 e. The molecule has 5 aromatic rings. The summed E-state index contributed by atoms with van der Waals surface area (Å²) in [6.45, 7) is 3.86. The van der Waals surface area contributed by atoms with E-state index < -0.39 is 19.2 Å². The lowest BCUT2D eigenvalue weighted by Crippen LogP contribution is -2.17. The molecule has 0 amide bonds. The van der Waals surface area contributed by atoms with Crippen LogP contribution in [0.4, 0.5) is 4.39 Å². The van der Waals surface area contributed by atoms with E-state index in [1.807, 2.05) is 6.26 Å². The molecule has 5 rings (SSSR count). The van der Waals surface area contributed by atoms with Gasteiger partial charge in [-0.15, -0.1) is 16.9 Å². The van der Waals surface area contributed by atoms with Gasteiger partial charge in [-0.3, -0.25) is 4.57 Å². The Labute approximate surface area is 233 Å². The number of ether oxygens (including phenoxy) is 1. The van der Waals surface area contributed by atoms with Gasteiger partial charge >= 0.3 is 7.60 Å². The van der Waals surface area contributed by atoms with Gasteiger partial charge in [-0.1, -0.05) is 23.7 Å². The molecule has 0 spiro atoms. The van der Waals surface area contributed by atoms with E-state index in [1.165, 1.54) is 34.9 Å². The molecule has 14 heteroatoms. The summed E-state index contributed by atoms with van der Waals surface area (Å²) in [5.74, 6) is -0.383. The molecule has 0 aliphatic carbocycles. The second-order valence-electron chi connectivity index (χ2n) is 8.24. The molecule has 0 fully saturated rings. The molecule has 2 aromatic carbocycles. The van der Waals surface area contributed by atoms with Crippen molar-refractivity contribution in [3.05, 3.63) is 77.1 Å². The zero-order valence-corrected chi connectivity index (χ0v) is 23.8. The normalized spacial score (nSPS) is 12.8. The van der Waals surface area contributed by atoms with Crippen LogP contribution in [0, 0.1) is 5.82 Å². The molecular formula is C25H25ClFN6O4PS. The fourth-order valence-electron chi connectivity index (χ4n) is 4.14. The summed E-state index contributed by atoms with van der Waals surface area (Å²) < 4.78 is 48.3. The van der Waals surface area contributed by atoms with E-state index in [0.29, 0.717) is 43.9 Å². The third kappa shape index (κ3) is 5.53. The van der Waals surface area contributed by atoms with Crippen LogP contribution in [0.25, 0.3) is 16.7 Å². The first-order valence-corrected chi connectivity index (χ1v) is 15.3.